The molecule has 3 saturated heterocycles. The van der Waals surface area contributed by atoms with Gasteiger partial charge < -0.3 is 19.9 Å². The third-order valence-electron chi connectivity index (χ3n) is 8.68. The molecule has 5 heterocycles. The van der Waals surface area contributed by atoms with E-state index in [1.165, 1.54) is 11.9 Å². The molecule has 0 bridgehead atoms. The molecular weight excluding hydrogens is 528 g/mol. The second-order valence-electron chi connectivity index (χ2n) is 11.2. The van der Waals surface area contributed by atoms with Gasteiger partial charge in [-0.25, -0.2) is 18.4 Å². The quantitative estimate of drug-likeness (QED) is 0.563. The van der Waals surface area contributed by atoms with E-state index < -0.39 is 9.84 Å². The van der Waals surface area contributed by atoms with Crippen LogP contribution in [-0.2, 0) is 21.2 Å². The van der Waals surface area contributed by atoms with Crippen LogP contribution in [0, 0.1) is 18.8 Å². The number of carbonyl (C=O) groups excluding carboxylic acids is 1. The van der Waals surface area contributed by atoms with E-state index in [1.807, 2.05) is 9.80 Å². The van der Waals surface area contributed by atoms with Crippen LogP contribution in [0.5, 0.6) is 5.75 Å². The second kappa shape index (κ2) is 10.9. The maximum atomic E-state index is 12.2. The van der Waals surface area contributed by atoms with Gasteiger partial charge >= 0.3 is 0 Å². The van der Waals surface area contributed by atoms with Crippen LogP contribution in [0.1, 0.15) is 48.8 Å². The average molecular weight is 565 g/mol. The number of sulfone groups is 1. The molecule has 0 unspecified atom stereocenters. The molecule has 1 amide bonds. The summed E-state index contributed by atoms with van der Waals surface area (Å²) in [7, 11) is -2.99. The zero-order valence-electron chi connectivity index (χ0n) is 23.1. The lowest BCUT2D eigenvalue weighted by Crippen LogP contribution is -2.43. The molecule has 0 saturated carbocycles. The Bertz CT molecular complexity index is 1460. The highest BCUT2D eigenvalue weighted by Crippen LogP contribution is 2.41. The van der Waals surface area contributed by atoms with E-state index in [-0.39, 0.29) is 17.4 Å². The Morgan fingerprint density at radius 3 is 2.60 bits per heavy atom. The Hall–Kier alpha value is -3.36. The summed E-state index contributed by atoms with van der Waals surface area (Å²) >= 11 is 0. The summed E-state index contributed by atoms with van der Waals surface area (Å²) in [5.74, 6) is 8.31. The first-order chi connectivity index (χ1) is 19.3. The topological polar surface area (TPSA) is 108 Å². The third kappa shape index (κ3) is 5.34. The number of anilines is 3. The molecule has 4 aliphatic rings. The first kappa shape index (κ1) is 26.8. The molecule has 6 rings (SSSR count). The van der Waals surface area contributed by atoms with Crippen molar-refractivity contribution in [3.8, 4) is 17.6 Å². The highest BCUT2D eigenvalue weighted by atomic mass is 32.2. The lowest BCUT2D eigenvalue weighted by Gasteiger charge is -2.36. The SMILES string of the molecule is CC#CC(=O)N1CC[C@@H](N2CCC(c3cc(C)c4c(c3)Nc3ncnc(N5CCS(=O)(=O)CC5)c3CO4)CC2)C1. The number of hydrogen-bond donors (Lipinski definition) is 1. The van der Waals surface area contributed by atoms with Crippen molar-refractivity contribution in [3.63, 3.8) is 0 Å². The Kier molecular flexibility index (Phi) is 7.31. The lowest BCUT2D eigenvalue weighted by molar-refractivity contribution is -0.124. The number of benzene rings is 1. The number of likely N-dealkylation sites (tertiary alicyclic amines) is 2. The smallest absolute Gasteiger partial charge is 0.298 e. The van der Waals surface area contributed by atoms with Crippen LogP contribution >= 0.6 is 0 Å². The predicted molar refractivity (Wildman–Crippen MR) is 154 cm³/mol. The molecule has 1 N–H and O–H groups in total. The summed E-state index contributed by atoms with van der Waals surface area (Å²) in [6.07, 6.45) is 4.68. The third-order valence-corrected chi connectivity index (χ3v) is 10.3. The minimum Gasteiger partial charge on any atom is -0.486 e. The Morgan fingerprint density at radius 1 is 1.07 bits per heavy atom. The summed E-state index contributed by atoms with van der Waals surface area (Å²) in [6.45, 7) is 8.54. The average Bonchev–Trinajstić information content (AvgIpc) is 3.36. The molecule has 0 spiro atoms. The largest absolute Gasteiger partial charge is 0.486 e. The minimum atomic E-state index is -2.99. The van der Waals surface area contributed by atoms with Crippen molar-refractivity contribution in [2.45, 2.75) is 51.7 Å². The standard InChI is InChI=1S/C29H36N6O4S/c1-3-4-26(36)35-10-7-23(17-35)33-8-5-21(6-9-33)22-15-20(2)27-25(16-22)32-28-24(18-39-27)29(31-19-30-28)34-11-13-40(37,38)14-12-34/h15-16,19,21,23H,5-14,17-18H2,1-2H3,(H,30,31,32)/t23-/m1/s1. The zero-order valence-corrected chi connectivity index (χ0v) is 24.0. The van der Waals surface area contributed by atoms with Gasteiger partial charge in [0.15, 0.2) is 9.84 Å². The van der Waals surface area contributed by atoms with Gasteiger partial charge in [0, 0.05) is 32.2 Å². The molecule has 40 heavy (non-hydrogen) atoms. The maximum Gasteiger partial charge on any atom is 0.298 e. The summed E-state index contributed by atoms with van der Waals surface area (Å²) < 4.78 is 30.2. The van der Waals surface area contributed by atoms with E-state index in [1.54, 1.807) is 6.92 Å². The number of ether oxygens (including phenoxy) is 1. The molecule has 1 atom stereocenters. The number of nitrogens with zero attached hydrogens (tertiary/aromatic N) is 5. The molecule has 1 aromatic heterocycles. The first-order valence-corrected chi connectivity index (χ1v) is 15.9. The fraction of sp³-hybridized carbons (Fsp3) is 0.552. The summed E-state index contributed by atoms with van der Waals surface area (Å²) in [5.41, 5.74) is 4.13. The Morgan fingerprint density at radius 2 is 1.85 bits per heavy atom. The normalized spacial score (nSPS) is 22.7. The minimum absolute atomic E-state index is 0.0575. The Labute approximate surface area is 236 Å². The zero-order chi connectivity index (χ0) is 27.9. The van der Waals surface area contributed by atoms with Crippen molar-refractivity contribution < 1.29 is 17.9 Å². The number of piperidine rings is 1. The van der Waals surface area contributed by atoms with E-state index in [9.17, 15) is 13.2 Å². The van der Waals surface area contributed by atoms with Gasteiger partial charge in [0.25, 0.3) is 5.91 Å². The molecule has 0 aliphatic carbocycles. The lowest BCUT2D eigenvalue weighted by atomic mass is 9.87. The summed E-state index contributed by atoms with van der Waals surface area (Å²) in [4.78, 5) is 27.7. The van der Waals surface area contributed by atoms with E-state index in [0.29, 0.717) is 37.5 Å². The number of amides is 1. The van der Waals surface area contributed by atoms with E-state index >= 15 is 0 Å². The molecule has 1 aromatic carbocycles. The highest BCUT2D eigenvalue weighted by molar-refractivity contribution is 7.91. The van der Waals surface area contributed by atoms with Gasteiger partial charge in [-0.1, -0.05) is 12.0 Å². The van der Waals surface area contributed by atoms with Crippen LogP contribution in [0.4, 0.5) is 17.3 Å². The van der Waals surface area contributed by atoms with Crippen molar-refractivity contribution in [2.75, 3.05) is 61.0 Å². The monoisotopic (exact) mass is 564 g/mol. The maximum absolute atomic E-state index is 12.2. The molecule has 2 aromatic rings. The molecule has 10 nitrogen and oxygen atoms in total. The van der Waals surface area contributed by atoms with E-state index in [4.69, 9.17) is 4.74 Å². The number of aryl methyl sites for hydroxylation is 1. The molecule has 212 valence electrons. The molecule has 11 heteroatoms. The van der Waals surface area contributed by atoms with Gasteiger partial charge in [0.2, 0.25) is 0 Å². The van der Waals surface area contributed by atoms with Crippen molar-refractivity contribution in [1.82, 2.24) is 19.8 Å². The fourth-order valence-electron chi connectivity index (χ4n) is 6.44. The van der Waals surface area contributed by atoms with Gasteiger partial charge in [-0.15, -0.1) is 0 Å². The van der Waals surface area contributed by atoms with Crippen LogP contribution in [0.2, 0.25) is 0 Å². The number of carbonyl (C=O) groups is 1. The molecular formula is C29H36N6O4S. The highest BCUT2D eigenvalue weighted by Gasteiger charge is 2.33. The van der Waals surface area contributed by atoms with Crippen LogP contribution in [0.25, 0.3) is 0 Å². The van der Waals surface area contributed by atoms with E-state index in [0.717, 1.165) is 73.8 Å². The van der Waals surface area contributed by atoms with Crippen LogP contribution < -0.4 is 15.0 Å². The molecule has 4 aliphatic heterocycles. The molecule has 3 fully saturated rings. The van der Waals surface area contributed by atoms with Gasteiger partial charge in [0.05, 0.1) is 22.8 Å². The number of rotatable bonds is 3. The van der Waals surface area contributed by atoms with E-state index in [2.05, 4.69) is 51.1 Å². The van der Waals surface area contributed by atoms with Crippen LogP contribution in [0.3, 0.4) is 0 Å². The van der Waals surface area contributed by atoms with Crippen LogP contribution in [-0.4, -0.2) is 90.9 Å². The van der Waals surface area contributed by atoms with Gasteiger partial charge in [-0.05, 0) is 75.2 Å². The van der Waals surface area contributed by atoms with Crippen molar-refractivity contribution >= 4 is 33.1 Å². The second-order valence-corrected chi connectivity index (χ2v) is 13.5. The predicted octanol–water partition coefficient (Wildman–Crippen LogP) is 2.46. The summed E-state index contributed by atoms with van der Waals surface area (Å²) in [6, 6.07) is 4.86. The number of hydrogen-bond acceptors (Lipinski definition) is 9. The van der Waals surface area contributed by atoms with Gasteiger partial charge in [0.1, 0.15) is 30.3 Å². The first-order valence-electron chi connectivity index (χ1n) is 14.1. The molecule has 0 radical (unpaired) electrons. The van der Waals surface area contributed by atoms with Crippen LogP contribution in [0.15, 0.2) is 18.5 Å². The van der Waals surface area contributed by atoms with Crippen molar-refractivity contribution in [2.24, 2.45) is 0 Å². The van der Waals surface area contributed by atoms with Gasteiger partial charge in [-0.3, -0.25) is 9.69 Å². The summed E-state index contributed by atoms with van der Waals surface area (Å²) in [5, 5.41) is 3.52. The van der Waals surface area contributed by atoms with Crippen molar-refractivity contribution in [1.29, 1.82) is 0 Å². The van der Waals surface area contributed by atoms with Crippen molar-refractivity contribution in [3.05, 3.63) is 35.2 Å². The number of aromatic nitrogens is 2. The Balaban J connectivity index is 1.15. The fourth-order valence-corrected chi connectivity index (χ4v) is 7.64. The number of fused-ring (bicyclic) bond motifs is 2. The van der Waals surface area contributed by atoms with Gasteiger partial charge in [-0.2, -0.15) is 0 Å². The number of nitrogens with one attached hydrogen (secondary N) is 1.